The molecule has 5 rings (SSSR count). The van der Waals surface area contributed by atoms with Crippen molar-refractivity contribution in [1.29, 1.82) is 0 Å². The molecule has 0 bridgehead atoms. The summed E-state index contributed by atoms with van der Waals surface area (Å²) in [7, 11) is 0. The normalized spacial score (nSPS) is 10.7. The summed E-state index contributed by atoms with van der Waals surface area (Å²) in [6, 6.07) is 32.7. The maximum Gasteiger partial charge on any atom is 0.255 e. The van der Waals surface area contributed by atoms with Gasteiger partial charge < -0.3 is 16.0 Å². The van der Waals surface area contributed by atoms with Gasteiger partial charge in [0.2, 0.25) is 0 Å². The van der Waals surface area contributed by atoms with E-state index in [-0.39, 0.29) is 23.2 Å². The topological polar surface area (TPSA) is 104 Å². The van der Waals surface area contributed by atoms with Gasteiger partial charge in [0.15, 0.2) is 5.78 Å². The predicted molar refractivity (Wildman–Crippen MR) is 167 cm³/mol. The molecule has 0 aliphatic carbocycles. The van der Waals surface area contributed by atoms with Crippen molar-refractivity contribution < 1.29 is 19.2 Å². The van der Waals surface area contributed by atoms with Crippen LogP contribution in [-0.4, -0.2) is 23.5 Å². The first-order valence-corrected chi connectivity index (χ1v) is 13.9. The average Bonchev–Trinajstić information content (AvgIpc) is 3.57. The number of carbonyl (C=O) groups excluding carboxylic acids is 4. The van der Waals surface area contributed by atoms with E-state index in [2.05, 4.69) is 16.0 Å². The smallest absolute Gasteiger partial charge is 0.255 e. The Morgan fingerprint density at radius 1 is 0.524 bits per heavy atom. The van der Waals surface area contributed by atoms with Crippen LogP contribution in [0.4, 0.5) is 17.1 Å². The molecule has 3 N–H and O–H groups in total. The molecule has 0 aliphatic heterocycles. The highest BCUT2D eigenvalue weighted by atomic mass is 32.1. The maximum atomic E-state index is 13.3. The molecule has 0 spiro atoms. The van der Waals surface area contributed by atoms with Gasteiger partial charge in [-0.25, -0.2) is 0 Å². The van der Waals surface area contributed by atoms with Crippen LogP contribution in [0.15, 0.2) is 127 Å². The van der Waals surface area contributed by atoms with E-state index in [1.807, 2.05) is 23.6 Å². The zero-order chi connectivity index (χ0) is 29.3. The van der Waals surface area contributed by atoms with Gasteiger partial charge in [-0.1, -0.05) is 60.7 Å². The zero-order valence-corrected chi connectivity index (χ0v) is 23.1. The second-order valence-corrected chi connectivity index (χ2v) is 10.1. The van der Waals surface area contributed by atoms with E-state index in [9.17, 15) is 19.2 Å². The Hall–Kier alpha value is -5.60. The molecule has 0 aliphatic rings. The van der Waals surface area contributed by atoms with Crippen LogP contribution in [0.5, 0.6) is 0 Å². The maximum absolute atomic E-state index is 13.3. The fourth-order valence-corrected chi connectivity index (χ4v) is 4.69. The minimum atomic E-state index is -0.433. The van der Waals surface area contributed by atoms with Crippen LogP contribution in [0, 0.1) is 0 Å². The summed E-state index contributed by atoms with van der Waals surface area (Å²) in [6.07, 6.45) is 3.23. The van der Waals surface area contributed by atoms with Crippen LogP contribution < -0.4 is 16.0 Å². The Balaban J connectivity index is 1.33. The quantitative estimate of drug-likeness (QED) is 0.127. The first kappa shape index (κ1) is 27.9. The largest absolute Gasteiger partial charge is 0.322 e. The molecule has 0 fully saturated rings. The number of anilines is 3. The Morgan fingerprint density at radius 2 is 1.05 bits per heavy atom. The monoisotopic (exact) mass is 571 g/mol. The molecule has 42 heavy (non-hydrogen) atoms. The number of nitrogens with one attached hydrogen (secondary N) is 3. The average molecular weight is 572 g/mol. The molecule has 0 radical (unpaired) electrons. The summed E-state index contributed by atoms with van der Waals surface area (Å²) >= 11 is 1.38. The number of hydrogen-bond donors (Lipinski definition) is 3. The number of rotatable bonds is 9. The molecule has 0 saturated heterocycles. The van der Waals surface area contributed by atoms with E-state index in [0.29, 0.717) is 33.1 Å². The molecule has 8 heteroatoms. The van der Waals surface area contributed by atoms with E-state index >= 15 is 0 Å². The fraction of sp³-hybridized carbons (Fsp3) is 0. The number of allylic oxidation sites excluding steroid dienone is 1. The van der Waals surface area contributed by atoms with E-state index in [4.69, 9.17) is 0 Å². The van der Waals surface area contributed by atoms with Gasteiger partial charge in [-0.05, 0) is 77.7 Å². The van der Waals surface area contributed by atoms with Gasteiger partial charge in [0, 0.05) is 33.8 Å². The number of ketones is 1. The lowest BCUT2D eigenvalue weighted by Crippen LogP contribution is -2.17. The van der Waals surface area contributed by atoms with Gasteiger partial charge in [0.05, 0.1) is 4.88 Å². The third-order valence-corrected chi connectivity index (χ3v) is 7.03. The Bertz CT molecular complexity index is 1680. The summed E-state index contributed by atoms with van der Waals surface area (Å²) in [5, 5.41) is 10.3. The third kappa shape index (κ3) is 7.32. The van der Waals surface area contributed by atoms with Gasteiger partial charge in [0.1, 0.15) is 0 Å². The van der Waals surface area contributed by atoms with Crippen molar-refractivity contribution >= 4 is 58.0 Å². The molecule has 1 heterocycles. The molecule has 206 valence electrons. The summed E-state index contributed by atoms with van der Waals surface area (Å²) in [6.45, 7) is 0. The number of thiophene rings is 1. The van der Waals surface area contributed by atoms with Crippen molar-refractivity contribution in [2.45, 2.75) is 0 Å². The van der Waals surface area contributed by atoms with E-state index < -0.39 is 5.91 Å². The van der Waals surface area contributed by atoms with Crippen molar-refractivity contribution in [2.75, 3.05) is 16.0 Å². The second-order valence-electron chi connectivity index (χ2n) is 9.19. The van der Waals surface area contributed by atoms with Gasteiger partial charge >= 0.3 is 0 Å². The first-order valence-electron chi connectivity index (χ1n) is 13.0. The second kappa shape index (κ2) is 13.2. The lowest BCUT2D eigenvalue weighted by atomic mass is 10.1. The highest BCUT2D eigenvalue weighted by molar-refractivity contribution is 7.12. The lowest BCUT2D eigenvalue weighted by Gasteiger charge is -2.13. The molecular weight excluding hydrogens is 546 g/mol. The van der Waals surface area contributed by atoms with Crippen LogP contribution in [0.2, 0.25) is 0 Å². The number of benzene rings is 4. The van der Waals surface area contributed by atoms with E-state index in [0.717, 1.165) is 5.56 Å². The van der Waals surface area contributed by atoms with Gasteiger partial charge in [-0.3, -0.25) is 19.2 Å². The summed E-state index contributed by atoms with van der Waals surface area (Å²) < 4.78 is 0. The molecular formula is C34H25N3O4S. The summed E-state index contributed by atoms with van der Waals surface area (Å²) in [5.74, 6) is -1.21. The Kier molecular flexibility index (Phi) is 8.76. The molecule has 5 aromatic rings. The minimum absolute atomic E-state index is 0.0724. The van der Waals surface area contributed by atoms with Crippen molar-refractivity contribution in [2.24, 2.45) is 0 Å². The van der Waals surface area contributed by atoms with Crippen molar-refractivity contribution in [3.63, 3.8) is 0 Å². The molecule has 3 amide bonds. The highest BCUT2D eigenvalue weighted by Gasteiger charge is 2.14. The Morgan fingerprint density at radius 3 is 1.57 bits per heavy atom. The van der Waals surface area contributed by atoms with Gasteiger partial charge in [-0.2, -0.15) is 0 Å². The van der Waals surface area contributed by atoms with Crippen molar-refractivity contribution in [1.82, 2.24) is 0 Å². The SMILES string of the molecule is O=C(Nc1cc(NC(=O)c2ccccc2)cc(C(=O)Nc2ccc(C=CC(=O)c3cccs3)cc2)c1)c1ccccc1. The molecule has 0 saturated carbocycles. The number of carbonyl (C=O) groups is 4. The van der Waals surface area contributed by atoms with E-state index in [1.54, 1.807) is 103 Å². The molecule has 7 nitrogen and oxygen atoms in total. The number of hydrogen-bond acceptors (Lipinski definition) is 5. The Labute approximate surface area is 246 Å². The van der Waals surface area contributed by atoms with Crippen molar-refractivity contribution in [3.8, 4) is 0 Å². The zero-order valence-electron chi connectivity index (χ0n) is 22.2. The first-order chi connectivity index (χ1) is 20.4. The lowest BCUT2D eigenvalue weighted by molar-refractivity contribution is 0.101. The summed E-state index contributed by atoms with van der Waals surface area (Å²) in [4.78, 5) is 51.8. The number of amides is 3. The van der Waals surface area contributed by atoms with Crippen LogP contribution in [0.3, 0.4) is 0 Å². The molecule has 0 unspecified atom stereocenters. The summed E-state index contributed by atoms with van der Waals surface area (Å²) in [5.41, 5.74) is 3.16. The van der Waals surface area contributed by atoms with Gasteiger partial charge in [0.25, 0.3) is 17.7 Å². The van der Waals surface area contributed by atoms with Crippen LogP contribution in [-0.2, 0) is 0 Å². The fourth-order valence-electron chi connectivity index (χ4n) is 4.04. The van der Waals surface area contributed by atoms with Crippen LogP contribution >= 0.6 is 11.3 Å². The van der Waals surface area contributed by atoms with Crippen LogP contribution in [0.25, 0.3) is 6.08 Å². The molecule has 1 aromatic heterocycles. The van der Waals surface area contributed by atoms with Crippen molar-refractivity contribution in [3.05, 3.63) is 154 Å². The van der Waals surface area contributed by atoms with E-state index in [1.165, 1.54) is 17.4 Å². The minimum Gasteiger partial charge on any atom is -0.322 e. The third-order valence-electron chi connectivity index (χ3n) is 6.14. The van der Waals surface area contributed by atoms with Crippen LogP contribution in [0.1, 0.15) is 46.3 Å². The molecule has 0 atom stereocenters. The highest BCUT2D eigenvalue weighted by Crippen LogP contribution is 2.23. The van der Waals surface area contributed by atoms with Gasteiger partial charge in [-0.15, -0.1) is 11.3 Å². The standard InChI is InChI=1S/C34H25N3O4S/c38-30(31-12-7-19-42-31)18-15-23-13-16-27(17-14-23)35-34(41)26-20-28(36-32(39)24-8-3-1-4-9-24)22-29(21-26)37-33(40)25-10-5-2-6-11-25/h1-22H,(H,35,41)(H,36,39)(H,37,40). The molecule has 4 aromatic carbocycles. The predicted octanol–water partition coefficient (Wildman–Crippen LogP) is 7.40.